The van der Waals surface area contributed by atoms with Crippen molar-refractivity contribution in [2.45, 2.75) is 32.0 Å². The van der Waals surface area contributed by atoms with Crippen LogP contribution in [0.4, 0.5) is 23.3 Å². The Hall–Kier alpha value is -3.73. The monoisotopic (exact) mass is 418 g/mol. The number of fused-ring (bicyclic) bond motifs is 1. The van der Waals surface area contributed by atoms with Gasteiger partial charge in [-0.1, -0.05) is 11.8 Å². The van der Waals surface area contributed by atoms with Crippen molar-refractivity contribution in [3.63, 3.8) is 0 Å². The molecule has 4 N–H and O–H groups in total. The van der Waals surface area contributed by atoms with Gasteiger partial charge in [-0.15, -0.1) is 11.3 Å². The molecule has 0 fully saturated rings. The van der Waals surface area contributed by atoms with E-state index in [2.05, 4.69) is 37.1 Å². The summed E-state index contributed by atoms with van der Waals surface area (Å²) in [6.45, 7) is 3.57. The minimum atomic E-state index is -1.43. The van der Waals surface area contributed by atoms with Crippen LogP contribution in [-0.2, 0) is 12.0 Å². The summed E-state index contributed by atoms with van der Waals surface area (Å²) >= 11 is 1.28. The zero-order valence-electron chi connectivity index (χ0n) is 16.3. The van der Waals surface area contributed by atoms with E-state index in [9.17, 15) is 5.11 Å². The van der Waals surface area contributed by atoms with Gasteiger partial charge in [0, 0.05) is 10.9 Å². The van der Waals surface area contributed by atoms with Gasteiger partial charge in [-0.05, 0) is 32.0 Å². The molecule has 30 heavy (non-hydrogen) atoms. The third kappa shape index (κ3) is 3.74. The SMILES string of the molecule is CC1Nc2ccc(C#CC(C)(O)c3nc(CC#N)cs3)cc2N1c1ncnc(N)n1. The highest BCUT2D eigenvalue weighted by molar-refractivity contribution is 7.09. The van der Waals surface area contributed by atoms with Crippen molar-refractivity contribution in [1.82, 2.24) is 19.9 Å². The molecule has 9 nitrogen and oxygen atoms in total. The second kappa shape index (κ2) is 7.59. The number of nitrogens with two attached hydrogens (primary N) is 1. The number of hydrogen-bond donors (Lipinski definition) is 3. The van der Waals surface area contributed by atoms with Gasteiger partial charge in [-0.3, -0.25) is 4.90 Å². The summed E-state index contributed by atoms with van der Waals surface area (Å²) in [5.74, 6) is 6.49. The number of hydrogen-bond acceptors (Lipinski definition) is 10. The number of benzene rings is 1. The van der Waals surface area contributed by atoms with Crippen molar-refractivity contribution in [1.29, 1.82) is 5.26 Å². The third-order valence-corrected chi connectivity index (χ3v) is 5.58. The van der Waals surface area contributed by atoms with Gasteiger partial charge in [-0.2, -0.15) is 10.2 Å². The molecule has 1 aliphatic heterocycles. The highest BCUT2D eigenvalue weighted by Crippen LogP contribution is 2.39. The van der Waals surface area contributed by atoms with E-state index in [1.165, 1.54) is 17.7 Å². The second-order valence-corrected chi connectivity index (χ2v) is 7.73. The van der Waals surface area contributed by atoms with Crippen molar-refractivity contribution in [2.24, 2.45) is 0 Å². The molecular weight excluding hydrogens is 400 g/mol. The van der Waals surface area contributed by atoms with Crippen molar-refractivity contribution >= 4 is 34.6 Å². The largest absolute Gasteiger partial charge is 0.371 e. The molecule has 0 saturated heterocycles. The third-order valence-electron chi connectivity index (χ3n) is 4.48. The maximum atomic E-state index is 10.8. The van der Waals surface area contributed by atoms with Crippen LogP contribution in [0.1, 0.15) is 30.1 Å². The summed E-state index contributed by atoms with van der Waals surface area (Å²) < 4.78 is 0. The number of rotatable bonds is 3. The van der Waals surface area contributed by atoms with E-state index in [0.717, 1.165) is 11.4 Å². The molecule has 2 aromatic heterocycles. The molecule has 150 valence electrons. The Bertz CT molecular complexity index is 1200. The van der Waals surface area contributed by atoms with Crippen LogP contribution in [0.25, 0.3) is 0 Å². The molecule has 1 aromatic carbocycles. The van der Waals surface area contributed by atoms with Gasteiger partial charge in [0.1, 0.15) is 17.5 Å². The van der Waals surface area contributed by atoms with Crippen LogP contribution in [0.2, 0.25) is 0 Å². The topological polar surface area (TPSA) is 137 Å². The number of thiazole rings is 1. The number of anilines is 4. The Morgan fingerprint density at radius 3 is 2.97 bits per heavy atom. The van der Waals surface area contributed by atoms with Crippen LogP contribution in [-0.4, -0.2) is 31.2 Å². The molecule has 0 saturated carbocycles. The molecule has 0 bridgehead atoms. The number of nitrogen functional groups attached to an aromatic ring is 1. The molecule has 4 rings (SSSR count). The molecule has 1 aliphatic rings. The molecule has 0 aliphatic carbocycles. The van der Waals surface area contributed by atoms with E-state index in [1.807, 2.05) is 36.1 Å². The van der Waals surface area contributed by atoms with Crippen molar-refractivity contribution in [2.75, 3.05) is 16.0 Å². The molecule has 3 aromatic rings. The van der Waals surface area contributed by atoms with Gasteiger partial charge >= 0.3 is 0 Å². The molecular formula is C20H18N8OS. The average Bonchev–Trinajstić information content (AvgIpc) is 3.30. The normalized spacial score (nSPS) is 16.6. The lowest BCUT2D eigenvalue weighted by Gasteiger charge is -2.21. The molecule has 2 atom stereocenters. The standard InChI is InChI=1S/C20H18N8OS/c1-12-25-15-4-3-13(9-16(15)28(12)19-24-11-23-18(22)27-19)5-7-20(2,29)17-26-14(6-8-21)10-30-17/h3-4,9-12,25,29H,6H2,1-2H3,(H2,22,23,24,27). The Balaban J connectivity index is 1.65. The first-order valence-electron chi connectivity index (χ1n) is 9.09. The minimum Gasteiger partial charge on any atom is -0.371 e. The average molecular weight is 418 g/mol. The minimum absolute atomic E-state index is 0.0815. The molecule has 10 heteroatoms. The van der Waals surface area contributed by atoms with Crippen LogP contribution in [0.5, 0.6) is 0 Å². The first-order chi connectivity index (χ1) is 14.4. The van der Waals surface area contributed by atoms with E-state index in [4.69, 9.17) is 11.0 Å². The molecule has 0 amide bonds. The quantitative estimate of drug-likeness (QED) is 0.546. The van der Waals surface area contributed by atoms with Crippen LogP contribution in [0, 0.1) is 23.2 Å². The van der Waals surface area contributed by atoms with Crippen molar-refractivity contribution in [3.8, 4) is 17.9 Å². The number of nitrogens with one attached hydrogen (secondary N) is 1. The predicted octanol–water partition coefficient (Wildman–Crippen LogP) is 2.15. The summed E-state index contributed by atoms with van der Waals surface area (Å²) in [4.78, 5) is 18.5. The lowest BCUT2D eigenvalue weighted by atomic mass is 10.1. The van der Waals surface area contributed by atoms with Gasteiger partial charge in [0.25, 0.3) is 0 Å². The fraction of sp³-hybridized carbons (Fsp3) is 0.250. The molecule has 0 radical (unpaired) electrons. The molecule has 0 spiro atoms. The van der Waals surface area contributed by atoms with Gasteiger partial charge < -0.3 is 16.2 Å². The predicted molar refractivity (Wildman–Crippen MR) is 114 cm³/mol. The van der Waals surface area contributed by atoms with Crippen LogP contribution < -0.4 is 16.0 Å². The van der Waals surface area contributed by atoms with E-state index in [1.54, 1.807) is 12.3 Å². The Morgan fingerprint density at radius 1 is 1.37 bits per heavy atom. The summed E-state index contributed by atoms with van der Waals surface area (Å²) in [7, 11) is 0. The van der Waals surface area contributed by atoms with Crippen molar-refractivity contribution in [3.05, 3.63) is 46.2 Å². The number of aliphatic hydroxyl groups is 1. The molecule has 3 heterocycles. The van der Waals surface area contributed by atoms with Crippen LogP contribution >= 0.6 is 11.3 Å². The highest BCUT2D eigenvalue weighted by atomic mass is 32.1. The maximum Gasteiger partial charge on any atom is 0.236 e. The van der Waals surface area contributed by atoms with Crippen LogP contribution in [0.15, 0.2) is 29.9 Å². The Kier molecular flexibility index (Phi) is 4.96. The number of nitrogens with zero attached hydrogens (tertiary/aromatic N) is 6. The van der Waals surface area contributed by atoms with E-state index >= 15 is 0 Å². The zero-order chi connectivity index (χ0) is 21.3. The highest BCUT2D eigenvalue weighted by Gasteiger charge is 2.29. The van der Waals surface area contributed by atoms with Gasteiger partial charge in [0.05, 0.1) is 29.6 Å². The lowest BCUT2D eigenvalue weighted by molar-refractivity contribution is 0.121. The maximum absolute atomic E-state index is 10.8. The second-order valence-electron chi connectivity index (χ2n) is 6.87. The van der Waals surface area contributed by atoms with Crippen LogP contribution in [0.3, 0.4) is 0 Å². The molecule has 2 unspecified atom stereocenters. The first kappa shape index (κ1) is 19.6. The Labute approximate surface area is 177 Å². The smallest absolute Gasteiger partial charge is 0.236 e. The van der Waals surface area contributed by atoms with E-state index in [-0.39, 0.29) is 18.5 Å². The number of aromatic nitrogens is 4. The lowest BCUT2D eigenvalue weighted by Crippen LogP contribution is -2.30. The number of nitriles is 1. The van der Waals surface area contributed by atoms with Crippen molar-refractivity contribution < 1.29 is 5.11 Å². The van der Waals surface area contributed by atoms with E-state index < -0.39 is 5.60 Å². The summed E-state index contributed by atoms with van der Waals surface area (Å²) in [5.41, 5.74) is 7.40. The Morgan fingerprint density at radius 2 is 2.20 bits per heavy atom. The zero-order valence-corrected chi connectivity index (χ0v) is 17.1. The van der Waals surface area contributed by atoms with Gasteiger partial charge in [-0.25, -0.2) is 15.0 Å². The summed E-state index contributed by atoms with van der Waals surface area (Å²) in [5, 5.41) is 25.1. The first-order valence-corrected chi connectivity index (χ1v) is 9.97. The fourth-order valence-electron chi connectivity index (χ4n) is 3.07. The fourth-order valence-corrected chi connectivity index (χ4v) is 3.90. The summed E-state index contributed by atoms with van der Waals surface area (Å²) in [6.07, 6.45) is 1.49. The van der Waals surface area contributed by atoms with E-state index in [0.29, 0.717) is 22.2 Å². The van der Waals surface area contributed by atoms with Gasteiger partial charge in [0.2, 0.25) is 11.9 Å². The van der Waals surface area contributed by atoms with Gasteiger partial charge in [0.15, 0.2) is 5.60 Å². The summed E-state index contributed by atoms with van der Waals surface area (Å²) in [6, 6.07) is 7.74.